The van der Waals surface area contributed by atoms with Crippen LogP contribution in [0.2, 0.25) is 0 Å². The molecule has 0 heterocycles. The molecule has 0 saturated carbocycles. The first-order chi connectivity index (χ1) is 18.5. The van der Waals surface area contributed by atoms with Gasteiger partial charge in [0, 0.05) is 24.1 Å². The fraction of sp³-hybridized carbons (Fsp3) is 0.179. The summed E-state index contributed by atoms with van der Waals surface area (Å²) in [5, 5.41) is 10.6. The van der Waals surface area contributed by atoms with Gasteiger partial charge in [-0.1, -0.05) is 24.3 Å². The van der Waals surface area contributed by atoms with Gasteiger partial charge in [-0.25, -0.2) is 10.9 Å². The fourth-order valence-electron chi connectivity index (χ4n) is 3.23. The molecule has 0 atom stereocenters. The number of hydrogen-bond donors (Lipinski definition) is 3. The van der Waals surface area contributed by atoms with Crippen molar-refractivity contribution in [2.75, 3.05) is 20.8 Å². The molecule has 196 valence electrons. The van der Waals surface area contributed by atoms with Crippen LogP contribution in [0.3, 0.4) is 0 Å². The highest BCUT2D eigenvalue weighted by Crippen LogP contribution is 2.11. The molecule has 38 heavy (non-hydrogen) atoms. The van der Waals surface area contributed by atoms with Crippen LogP contribution in [0.1, 0.15) is 44.7 Å². The molecular weight excluding hydrogens is 486 g/mol. The highest BCUT2D eigenvalue weighted by molar-refractivity contribution is 5.98. The number of carbonyl (C=O) groups is 3. The van der Waals surface area contributed by atoms with E-state index < -0.39 is 5.91 Å². The number of nitrogens with one attached hydrogen (secondary N) is 3. The monoisotopic (exact) mass is 515 g/mol. The predicted octanol–water partition coefficient (Wildman–Crippen LogP) is 3.13. The van der Waals surface area contributed by atoms with Crippen LogP contribution in [-0.2, 0) is 4.79 Å². The van der Waals surface area contributed by atoms with E-state index in [2.05, 4.69) is 26.4 Å². The van der Waals surface area contributed by atoms with Crippen LogP contribution in [-0.4, -0.2) is 50.9 Å². The van der Waals surface area contributed by atoms with Gasteiger partial charge in [-0.05, 0) is 66.1 Å². The van der Waals surface area contributed by atoms with Crippen molar-refractivity contribution in [2.45, 2.75) is 12.8 Å². The molecular formula is C28H29N5O5. The van der Waals surface area contributed by atoms with Gasteiger partial charge < -0.3 is 14.8 Å². The van der Waals surface area contributed by atoms with Crippen molar-refractivity contribution in [3.8, 4) is 11.5 Å². The van der Waals surface area contributed by atoms with Crippen molar-refractivity contribution in [3.05, 3.63) is 95.1 Å². The number of methoxy groups -OCH3 is 2. The number of nitrogens with zero attached hydrogens (tertiary/aromatic N) is 2. The average molecular weight is 516 g/mol. The zero-order valence-corrected chi connectivity index (χ0v) is 21.1. The van der Waals surface area contributed by atoms with Gasteiger partial charge in [0.25, 0.3) is 11.8 Å². The first-order valence-electron chi connectivity index (χ1n) is 11.8. The average Bonchev–Trinajstić information content (AvgIpc) is 2.95. The second-order valence-electron chi connectivity index (χ2n) is 7.98. The van der Waals surface area contributed by atoms with E-state index in [1.807, 2.05) is 36.4 Å². The zero-order chi connectivity index (χ0) is 27.2. The molecule has 0 aliphatic rings. The Morgan fingerprint density at radius 1 is 0.737 bits per heavy atom. The van der Waals surface area contributed by atoms with Gasteiger partial charge >= 0.3 is 0 Å². The van der Waals surface area contributed by atoms with Gasteiger partial charge in [-0.15, -0.1) is 0 Å². The van der Waals surface area contributed by atoms with Crippen LogP contribution >= 0.6 is 0 Å². The predicted molar refractivity (Wildman–Crippen MR) is 145 cm³/mol. The molecule has 0 radical (unpaired) electrons. The Hall–Kier alpha value is -4.99. The van der Waals surface area contributed by atoms with E-state index in [-0.39, 0.29) is 18.2 Å². The normalized spacial score (nSPS) is 10.8. The SMILES string of the molecule is COc1cccc(/C=N/NC(=O)CCCNC(=O)c2ccc(C(=O)N/N=C/c3cccc(OC)c3)cc2)c1. The first-order valence-corrected chi connectivity index (χ1v) is 11.8. The minimum Gasteiger partial charge on any atom is -0.497 e. The smallest absolute Gasteiger partial charge is 0.271 e. The summed E-state index contributed by atoms with van der Waals surface area (Å²) >= 11 is 0. The lowest BCUT2D eigenvalue weighted by molar-refractivity contribution is -0.121. The number of carbonyl (C=O) groups excluding carboxylic acids is 3. The Bertz CT molecular complexity index is 1300. The van der Waals surface area contributed by atoms with E-state index in [4.69, 9.17) is 9.47 Å². The third-order valence-electron chi connectivity index (χ3n) is 5.25. The van der Waals surface area contributed by atoms with Gasteiger partial charge in [0.05, 0.1) is 26.6 Å². The molecule has 3 N–H and O–H groups in total. The molecule has 0 aliphatic heterocycles. The van der Waals surface area contributed by atoms with E-state index >= 15 is 0 Å². The molecule has 3 aromatic rings. The van der Waals surface area contributed by atoms with Gasteiger partial charge in [0.2, 0.25) is 5.91 Å². The van der Waals surface area contributed by atoms with Gasteiger partial charge in [0.15, 0.2) is 0 Å². The van der Waals surface area contributed by atoms with E-state index in [9.17, 15) is 14.4 Å². The molecule has 0 aliphatic carbocycles. The summed E-state index contributed by atoms with van der Waals surface area (Å²) in [6, 6.07) is 20.7. The van der Waals surface area contributed by atoms with Crippen molar-refractivity contribution in [1.82, 2.24) is 16.2 Å². The molecule has 0 spiro atoms. The van der Waals surface area contributed by atoms with E-state index in [1.54, 1.807) is 50.6 Å². The third kappa shape index (κ3) is 8.90. The summed E-state index contributed by atoms with van der Waals surface area (Å²) in [7, 11) is 3.15. The van der Waals surface area contributed by atoms with E-state index in [0.29, 0.717) is 35.6 Å². The highest BCUT2D eigenvalue weighted by atomic mass is 16.5. The summed E-state index contributed by atoms with van der Waals surface area (Å²) in [5.41, 5.74) is 7.23. The summed E-state index contributed by atoms with van der Waals surface area (Å²) in [5.74, 6) is 0.416. The molecule has 0 bridgehead atoms. The lowest BCUT2D eigenvalue weighted by atomic mass is 10.1. The van der Waals surface area contributed by atoms with Crippen molar-refractivity contribution in [2.24, 2.45) is 10.2 Å². The topological polar surface area (TPSA) is 130 Å². The lowest BCUT2D eigenvalue weighted by Crippen LogP contribution is -2.26. The van der Waals surface area contributed by atoms with Crippen molar-refractivity contribution < 1.29 is 23.9 Å². The maximum absolute atomic E-state index is 12.4. The minimum absolute atomic E-state index is 0.200. The van der Waals surface area contributed by atoms with Crippen LogP contribution < -0.4 is 25.6 Å². The third-order valence-corrected chi connectivity index (χ3v) is 5.25. The second kappa shape index (κ2) is 14.5. The second-order valence-corrected chi connectivity index (χ2v) is 7.98. The molecule has 0 unspecified atom stereocenters. The van der Waals surface area contributed by atoms with Crippen LogP contribution in [0, 0.1) is 0 Å². The van der Waals surface area contributed by atoms with Crippen molar-refractivity contribution in [3.63, 3.8) is 0 Å². The minimum atomic E-state index is -0.406. The number of hydrazone groups is 2. The van der Waals surface area contributed by atoms with Gasteiger partial charge in [0.1, 0.15) is 11.5 Å². The Morgan fingerprint density at radius 3 is 1.82 bits per heavy atom. The quantitative estimate of drug-likeness (QED) is 0.194. The molecule has 10 nitrogen and oxygen atoms in total. The highest BCUT2D eigenvalue weighted by Gasteiger charge is 2.09. The fourth-order valence-corrected chi connectivity index (χ4v) is 3.23. The molecule has 3 aromatic carbocycles. The van der Waals surface area contributed by atoms with E-state index in [1.165, 1.54) is 12.4 Å². The van der Waals surface area contributed by atoms with Gasteiger partial charge in [-0.3, -0.25) is 14.4 Å². The maximum Gasteiger partial charge on any atom is 0.271 e. The van der Waals surface area contributed by atoms with Crippen LogP contribution in [0.4, 0.5) is 0 Å². The standard InChI is InChI=1S/C28H29N5O5/c1-37-24-8-3-6-20(16-24)18-30-32-26(34)10-5-15-29-27(35)22-11-13-23(14-12-22)28(36)33-31-19-21-7-4-9-25(17-21)38-2/h3-4,6-9,11-14,16-19H,5,10,15H2,1-2H3,(H,29,35)(H,32,34)(H,33,36)/b30-18+,31-19+. The lowest BCUT2D eigenvalue weighted by Gasteiger charge is -2.06. The summed E-state index contributed by atoms with van der Waals surface area (Å²) in [4.78, 5) is 36.6. The van der Waals surface area contributed by atoms with Crippen LogP contribution in [0.25, 0.3) is 0 Å². The molecule has 3 amide bonds. The first kappa shape index (κ1) is 27.6. The zero-order valence-electron chi connectivity index (χ0n) is 21.1. The maximum atomic E-state index is 12.4. The summed E-state index contributed by atoms with van der Waals surface area (Å²) in [6.07, 6.45) is 3.68. The van der Waals surface area contributed by atoms with Crippen LogP contribution in [0.15, 0.2) is 83.0 Å². The Labute approximate surface area is 220 Å². The Morgan fingerprint density at radius 2 is 1.26 bits per heavy atom. The molecule has 3 rings (SSSR count). The molecule has 0 saturated heterocycles. The number of amides is 3. The number of ether oxygens (including phenoxy) is 2. The summed E-state index contributed by atoms with van der Waals surface area (Å²) < 4.78 is 10.3. The number of hydrogen-bond acceptors (Lipinski definition) is 7. The molecule has 0 fully saturated rings. The number of benzene rings is 3. The van der Waals surface area contributed by atoms with Crippen molar-refractivity contribution >= 4 is 30.2 Å². The van der Waals surface area contributed by atoms with Crippen LogP contribution in [0.5, 0.6) is 11.5 Å². The van der Waals surface area contributed by atoms with E-state index in [0.717, 1.165) is 11.1 Å². The Balaban J connectivity index is 1.36. The number of rotatable bonds is 12. The summed E-state index contributed by atoms with van der Waals surface area (Å²) in [6.45, 7) is 0.313. The molecule has 10 heteroatoms. The van der Waals surface area contributed by atoms with Crippen molar-refractivity contribution in [1.29, 1.82) is 0 Å². The molecule has 0 aromatic heterocycles. The van der Waals surface area contributed by atoms with Gasteiger partial charge in [-0.2, -0.15) is 10.2 Å². The Kier molecular flexibility index (Phi) is 10.6. The largest absolute Gasteiger partial charge is 0.497 e.